The maximum atomic E-state index is 12.7. The van der Waals surface area contributed by atoms with E-state index in [-0.39, 0.29) is 11.7 Å². The lowest BCUT2D eigenvalue weighted by molar-refractivity contribution is -0.0498. The summed E-state index contributed by atoms with van der Waals surface area (Å²) in [5, 5.41) is 0. The fourth-order valence-electron chi connectivity index (χ4n) is 3.35. The van der Waals surface area contributed by atoms with Crippen LogP contribution in [0.15, 0.2) is 66.9 Å². The van der Waals surface area contributed by atoms with Crippen molar-refractivity contribution in [2.45, 2.75) is 6.61 Å². The van der Waals surface area contributed by atoms with Gasteiger partial charge in [-0.1, -0.05) is 30.3 Å². The number of nitrogens with zero attached hydrogens (tertiary/aromatic N) is 4. The predicted molar refractivity (Wildman–Crippen MR) is 109 cm³/mol. The minimum absolute atomic E-state index is 0.0318. The first-order valence-electron chi connectivity index (χ1n) is 9.58. The molecular formula is C22H20F2N4O2. The lowest BCUT2D eigenvalue weighted by atomic mass is 10.1. The number of rotatable bonds is 5. The molecule has 1 aromatic heterocycles. The number of hydrogen-bond donors (Lipinski definition) is 0. The van der Waals surface area contributed by atoms with Gasteiger partial charge in [-0.2, -0.15) is 8.78 Å². The summed E-state index contributed by atoms with van der Waals surface area (Å²) in [7, 11) is 0. The molecule has 2 aromatic carbocycles. The summed E-state index contributed by atoms with van der Waals surface area (Å²) in [4.78, 5) is 25.6. The minimum Gasteiger partial charge on any atom is -0.435 e. The van der Waals surface area contributed by atoms with Crippen molar-refractivity contribution >= 4 is 11.7 Å². The van der Waals surface area contributed by atoms with Gasteiger partial charge in [0, 0.05) is 43.5 Å². The number of aromatic nitrogens is 2. The Kier molecular flexibility index (Phi) is 5.83. The summed E-state index contributed by atoms with van der Waals surface area (Å²) < 4.78 is 28.8. The monoisotopic (exact) mass is 410 g/mol. The van der Waals surface area contributed by atoms with Crippen LogP contribution in [0.4, 0.5) is 14.6 Å². The topological polar surface area (TPSA) is 58.6 Å². The Morgan fingerprint density at radius 3 is 2.30 bits per heavy atom. The molecule has 0 aliphatic carbocycles. The fourth-order valence-corrected chi connectivity index (χ4v) is 3.35. The van der Waals surface area contributed by atoms with Crippen LogP contribution in [-0.4, -0.2) is 53.6 Å². The molecule has 1 aliphatic heterocycles. The highest BCUT2D eigenvalue weighted by Crippen LogP contribution is 2.20. The molecule has 30 heavy (non-hydrogen) atoms. The van der Waals surface area contributed by atoms with Gasteiger partial charge in [0.2, 0.25) is 0 Å². The van der Waals surface area contributed by atoms with Crippen LogP contribution < -0.4 is 9.64 Å². The Bertz CT molecular complexity index is 992. The van der Waals surface area contributed by atoms with Gasteiger partial charge in [-0.25, -0.2) is 9.97 Å². The van der Waals surface area contributed by atoms with Crippen molar-refractivity contribution in [2.75, 3.05) is 31.1 Å². The van der Waals surface area contributed by atoms with Gasteiger partial charge >= 0.3 is 6.61 Å². The van der Waals surface area contributed by atoms with Crippen LogP contribution in [-0.2, 0) is 0 Å². The van der Waals surface area contributed by atoms with Gasteiger partial charge in [-0.3, -0.25) is 4.79 Å². The Labute approximate surface area is 172 Å². The van der Waals surface area contributed by atoms with Gasteiger partial charge in [0.25, 0.3) is 5.91 Å². The molecule has 6 nitrogen and oxygen atoms in total. The average Bonchev–Trinajstić information content (AvgIpc) is 2.79. The standard InChI is InChI=1S/C22H20F2N4O2/c23-22(24)30-18-8-6-17(7-9-18)21(29)28-14-12-27(13-15-28)19-10-11-25-20(26-19)16-4-2-1-3-5-16/h1-11,22H,12-15H2. The van der Waals surface area contributed by atoms with E-state index in [4.69, 9.17) is 0 Å². The van der Waals surface area contributed by atoms with Gasteiger partial charge in [0.05, 0.1) is 0 Å². The van der Waals surface area contributed by atoms with Gasteiger partial charge in [0.15, 0.2) is 5.82 Å². The molecule has 154 valence electrons. The van der Waals surface area contributed by atoms with E-state index in [9.17, 15) is 13.6 Å². The Morgan fingerprint density at radius 2 is 1.63 bits per heavy atom. The van der Waals surface area contributed by atoms with E-state index in [2.05, 4.69) is 19.6 Å². The Balaban J connectivity index is 1.39. The van der Waals surface area contributed by atoms with Crippen LogP contribution in [0, 0.1) is 0 Å². The number of anilines is 1. The van der Waals surface area contributed by atoms with Crippen LogP contribution in [0.3, 0.4) is 0 Å². The van der Waals surface area contributed by atoms with Crippen LogP contribution in [0.25, 0.3) is 11.4 Å². The summed E-state index contributed by atoms with van der Waals surface area (Å²) in [6, 6.07) is 17.4. The predicted octanol–water partition coefficient (Wildman–Crippen LogP) is 3.71. The molecule has 8 heteroatoms. The second-order valence-corrected chi connectivity index (χ2v) is 6.79. The first-order valence-corrected chi connectivity index (χ1v) is 9.58. The lowest BCUT2D eigenvalue weighted by Gasteiger charge is -2.35. The van der Waals surface area contributed by atoms with E-state index < -0.39 is 6.61 Å². The highest BCUT2D eigenvalue weighted by Gasteiger charge is 2.23. The second kappa shape index (κ2) is 8.86. The van der Waals surface area contributed by atoms with Crippen molar-refractivity contribution < 1.29 is 18.3 Å². The molecule has 1 fully saturated rings. The van der Waals surface area contributed by atoms with Crippen LogP contribution in [0.5, 0.6) is 5.75 Å². The van der Waals surface area contributed by atoms with E-state index in [1.165, 1.54) is 24.3 Å². The molecule has 1 saturated heterocycles. The van der Waals surface area contributed by atoms with Gasteiger partial charge in [0.1, 0.15) is 11.6 Å². The number of amides is 1. The zero-order valence-corrected chi connectivity index (χ0v) is 16.1. The SMILES string of the molecule is O=C(c1ccc(OC(F)F)cc1)N1CCN(c2ccnc(-c3ccccc3)n2)CC1. The number of carbonyl (C=O) groups is 1. The Hall–Kier alpha value is -3.55. The van der Waals surface area contributed by atoms with Crippen molar-refractivity contribution in [3.8, 4) is 17.1 Å². The molecule has 1 aliphatic rings. The molecule has 0 radical (unpaired) electrons. The first-order chi connectivity index (χ1) is 14.6. The van der Waals surface area contributed by atoms with Crippen molar-refractivity contribution in [2.24, 2.45) is 0 Å². The van der Waals surface area contributed by atoms with Crippen molar-refractivity contribution in [1.29, 1.82) is 0 Å². The number of ether oxygens (including phenoxy) is 1. The molecule has 0 N–H and O–H groups in total. The number of piperazine rings is 1. The molecule has 0 atom stereocenters. The van der Waals surface area contributed by atoms with Gasteiger partial charge < -0.3 is 14.5 Å². The minimum atomic E-state index is -2.89. The summed E-state index contributed by atoms with van der Waals surface area (Å²) in [5.41, 5.74) is 1.39. The van der Waals surface area contributed by atoms with Crippen molar-refractivity contribution in [1.82, 2.24) is 14.9 Å². The lowest BCUT2D eigenvalue weighted by Crippen LogP contribution is -2.49. The largest absolute Gasteiger partial charge is 0.435 e. The van der Waals surface area contributed by atoms with Gasteiger partial charge in [-0.15, -0.1) is 0 Å². The molecule has 3 aromatic rings. The van der Waals surface area contributed by atoms with Crippen molar-refractivity contribution in [3.05, 3.63) is 72.4 Å². The van der Waals surface area contributed by atoms with E-state index >= 15 is 0 Å². The number of hydrogen-bond acceptors (Lipinski definition) is 5. The molecular weight excluding hydrogens is 390 g/mol. The number of benzene rings is 2. The van der Waals surface area contributed by atoms with E-state index in [0.717, 1.165) is 11.4 Å². The quantitative estimate of drug-likeness (QED) is 0.642. The molecule has 4 rings (SSSR count). The second-order valence-electron chi connectivity index (χ2n) is 6.79. The molecule has 0 unspecified atom stereocenters. The Morgan fingerprint density at radius 1 is 0.933 bits per heavy atom. The van der Waals surface area contributed by atoms with E-state index in [1.807, 2.05) is 36.4 Å². The zero-order chi connectivity index (χ0) is 20.9. The summed E-state index contributed by atoms with van der Waals surface area (Å²) in [6.07, 6.45) is 1.74. The number of alkyl halides is 2. The smallest absolute Gasteiger partial charge is 0.387 e. The maximum absolute atomic E-state index is 12.7. The molecule has 1 amide bonds. The number of halogens is 2. The third-order valence-corrected chi connectivity index (χ3v) is 4.89. The fraction of sp³-hybridized carbons (Fsp3) is 0.227. The molecule has 2 heterocycles. The number of carbonyl (C=O) groups excluding carboxylic acids is 1. The van der Waals surface area contributed by atoms with Gasteiger partial charge in [-0.05, 0) is 30.3 Å². The van der Waals surface area contributed by atoms with Crippen molar-refractivity contribution in [3.63, 3.8) is 0 Å². The third kappa shape index (κ3) is 4.53. The summed E-state index contributed by atoms with van der Waals surface area (Å²) >= 11 is 0. The summed E-state index contributed by atoms with van der Waals surface area (Å²) in [6.45, 7) is -0.520. The maximum Gasteiger partial charge on any atom is 0.387 e. The van der Waals surface area contributed by atoms with Crippen LogP contribution in [0.1, 0.15) is 10.4 Å². The van der Waals surface area contributed by atoms with Crippen LogP contribution >= 0.6 is 0 Å². The highest BCUT2D eigenvalue weighted by atomic mass is 19.3. The molecule has 0 spiro atoms. The highest BCUT2D eigenvalue weighted by molar-refractivity contribution is 5.94. The normalized spacial score (nSPS) is 14.1. The molecule has 0 bridgehead atoms. The summed E-state index contributed by atoms with van der Waals surface area (Å²) in [5.74, 6) is 1.39. The zero-order valence-electron chi connectivity index (χ0n) is 16.1. The van der Waals surface area contributed by atoms with E-state index in [1.54, 1.807) is 11.1 Å². The van der Waals surface area contributed by atoms with Crippen LogP contribution in [0.2, 0.25) is 0 Å². The average molecular weight is 410 g/mol. The molecule has 0 saturated carbocycles. The van der Waals surface area contributed by atoms with E-state index in [0.29, 0.717) is 37.6 Å². The first kappa shape index (κ1) is 19.8. The third-order valence-electron chi connectivity index (χ3n) is 4.89.